The maximum Gasteiger partial charge on any atom is 0.297 e. The molecule has 16 heteroatoms. The van der Waals surface area contributed by atoms with E-state index in [1.165, 1.54) is 36.4 Å². The van der Waals surface area contributed by atoms with Gasteiger partial charge in [-0.25, -0.2) is 0 Å². The fourth-order valence-electron chi connectivity index (χ4n) is 5.52. The van der Waals surface area contributed by atoms with E-state index in [4.69, 9.17) is 14.0 Å². The second-order valence-electron chi connectivity index (χ2n) is 13.2. The summed E-state index contributed by atoms with van der Waals surface area (Å²) >= 11 is 0. The van der Waals surface area contributed by atoms with Crippen LogP contribution in [0.1, 0.15) is 39.5 Å². The predicted octanol–water partition coefficient (Wildman–Crippen LogP) is 8.48. The lowest BCUT2D eigenvalue weighted by molar-refractivity contribution is -0.385. The van der Waals surface area contributed by atoms with E-state index in [1.54, 1.807) is 41.1 Å². The highest BCUT2D eigenvalue weighted by molar-refractivity contribution is 7.86. The monoisotopic (exact) mass is 818 g/mol. The van der Waals surface area contributed by atoms with Crippen molar-refractivity contribution in [1.82, 2.24) is 19.6 Å². The molecule has 0 bridgehead atoms. The highest BCUT2D eigenvalue weighted by Gasteiger charge is 2.17. The van der Waals surface area contributed by atoms with Crippen molar-refractivity contribution in [3.8, 4) is 11.5 Å². The Balaban J connectivity index is 0.000000183. The van der Waals surface area contributed by atoms with Crippen LogP contribution in [0.4, 0.5) is 11.4 Å². The molecule has 0 unspecified atom stereocenters. The molecule has 7 rings (SSSR count). The van der Waals surface area contributed by atoms with Gasteiger partial charge in [0.15, 0.2) is 0 Å². The SMILES string of the molecule is Cc1cc(COc2ccc([N+](=O)[O-])cc2)n(Cc2ccccc2)n1.Cc1ccc(S(=O)(=O)OCc2cc(C)nn2Cc2ccccc2)cc1.O=[N+]([O-])c1ccc(O)cc1. The first-order chi connectivity index (χ1) is 28.3. The van der Waals surface area contributed by atoms with Gasteiger partial charge in [0.05, 0.1) is 50.6 Å². The van der Waals surface area contributed by atoms with E-state index < -0.39 is 20.0 Å². The van der Waals surface area contributed by atoms with E-state index in [2.05, 4.69) is 22.3 Å². The van der Waals surface area contributed by atoms with Crippen LogP contribution in [-0.2, 0) is 40.6 Å². The first-order valence-electron chi connectivity index (χ1n) is 18.2. The number of rotatable bonds is 13. The van der Waals surface area contributed by atoms with Gasteiger partial charge in [0, 0.05) is 24.3 Å². The number of aromatic nitrogens is 4. The number of benzene rings is 5. The van der Waals surface area contributed by atoms with Gasteiger partial charge in [0.1, 0.15) is 24.7 Å². The van der Waals surface area contributed by atoms with Crippen molar-refractivity contribution >= 4 is 21.5 Å². The average molecular weight is 819 g/mol. The van der Waals surface area contributed by atoms with Gasteiger partial charge in [-0.15, -0.1) is 0 Å². The fourth-order valence-corrected chi connectivity index (χ4v) is 6.41. The van der Waals surface area contributed by atoms with Crippen LogP contribution >= 0.6 is 0 Å². The van der Waals surface area contributed by atoms with Crippen molar-refractivity contribution in [2.45, 2.75) is 52.0 Å². The zero-order chi connectivity index (χ0) is 42.4. The molecule has 15 nitrogen and oxygen atoms in total. The number of aromatic hydroxyl groups is 1. The lowest BCUT2D eigenvalue weighted by Crippen LogP contribution is -2.11. The lowest BCUT2D eigenvalue weighted by atomic mass is 10.2. The highest BCUT2D eigenvalue weighted by Crippen LogP contribution is 2.20. The van der Waals surface area contributed by atoms with E-state index in [0.29, 0.717) is 25.4 Å². The zero-order valence-electron chi connectivity index (χ0n) is 32.5. The summed E-state index contributed by atoms with van der Waals surface area (Å²) in [6.45, 7) is 7.26. The van der Waals surface area contributed by atoms with Crippen molar-refractivity contribution < 1.29 is 32.3 Å². The van der Waals surface area contributed by atoms with Crippen LogP contribution in [0.15, 0.2) is 150 Å². The number of non-ortho nitro benzene ring substituents is 2. The molecule has 0 aliphatic heterocycles. The first-order valence-corrected chi connectivity index (χ1v) is 19.6. The quantitative estimate of drug-likeness (QED) is 0.0666. The topological polar surface area (TPSA) is 195 Å². The van der Waals surface area contributed by atoms with Crippen molar-refractivity contribution in [1.29, 1.82) is 0 Å². The van der Waals surface area contributed by atoms with Crippen LogP contribution < -0.4 is 4.74 Å². The normalized spacial score (nSPS) is 10.8. The van der Waals surface area contributed by atoms with Crippen LogP contribution in [-0.4, -0.2) is 42.9 Å². The molecule has 1 N–H and O–H groups in total. The molecule has 0 aliphatic carbocycles. The molecule has 2 heterocycles. The van der Waals surface area contributed by atoms with Gasteiger partial charge in [0.25, 0.3) is 21.5 Å². The molecule has 0 saturated heterocycles. The second-order valence-corrected chi connectivity index (χ2v) is 14.8. The number of ether oxygens (including phenoxy) is 1. The zero-order valence-corrected chi connectivity index (χ0v) is 33.3. The maximum absolute atomic E-state index is 12.3. The summed E-state index contributed by atoms with van der Waals surface area (Å²) < 4.78 is 39.3. The number of phenols is 1. The molecule has 0 radical (unpaired) electrons. The Hall–Kier alpha value is -7.17. The Bertz CT molecular complexity index is 2540. The summed E-state index contributed by atoms with van der Waals surface area (Å²) in [6, 6.07) is 41.5. The Morgan fingerprint density at radius 3 is 1.51 bits per heavy atom. The second kappa shape index (κ2) is 20.3. The summed E-state index contributed by atoms with van der Waals surface area (Å²) in [5, 5.41) is 38.4. The third-order valence-corrected chi connectivity index (χ3v) is 9.77. The molecule has 2 aromatic heterocycles. The summed E-state index contributed by atoms with van der Waals surface area (Å²) in [6.07, 6.45) is 0. The predicted molar refractivity (Wildman–Crippen MR) is 220 cm³/mol. The van der Waals surface area contributed by atoms with Crippen LogP contribution in [0.2, 0.25) is 0 Å². The minimum absolute atomic E-state index is 0.0159. The number of hydrogen-bond donors (Lipinski definition) is 1. The molecule has 0 fully saturated rings. The van der Waals surface area contributed by atoms with Crippen molar-refractivity contribution in [3.05, 3.63) is 205 Å². The molecular weight excluding hydrogens is 777 g/mol. The van der Waals surface area contributed by atoms with E-state index in [-0.39, 0.29) is 28.6 Å². The maximum atomic E-state index is 12.3. The molecule has 304 valence electrons. The molecule has 0 atom stereocenters. The molecule has 0 spiro atoms. The van der Waals surface area contributed by atoms with Crippen molar-refractivity contribution in [2.24, 2.45) is 0 Å². The third-order valence-electron chi connectivity index (χ3n) is 8.49. The average Bonchev–Trinajstić information content (AvgIpc) is 3.76. The molecule has 0 amide bonds. The molecular formula is C43H42N6O9S. The third kappa shape index (κ3) is 13.2. The lowest BCUT2D eigenvalue weighted by Gasteiger charge is -2.09. The van der Waals surface area contributed by atoms with Crippen LogP contribution in [0, 0.1) is 41.0 Å². The largest absolute Gasteiger partial charge is 0.508 e. The number of aryl methyl sites for hydroxylation is 3. The molecule has 0 aliphatic rings. The standard InChI is InChI=1S/C19H20N2O3S.C18H17N3O3.C6H5NO3/c1-15-8-10-19(11-9-15)25(22,23)24-14-18-12-16(2)20-21(18)13-17-6-4-3-5-7-17;1-14-11-17(20(19-14)12-15-5-3-2-4-6-15)13-24-18-9-7-16(8-10-18)21(22)23;8-6-3-1-5(2-4-6)7(9)10/h3-12H,13-14H2,1-2H3;2-11H,12-13H2,1H3;1-4,8H. The fraction of sp³-hybridized carbons (Fsp3) is 0.163. The van der Waals surface area contributed by atoms with E-state index >= 15 is 0 Å². The Morgan fingerprint density at radius 1 is 0.610 bits per heavy atom. The summed E-state index contributed by atoms with van der Waals surface area (Å²) in [5.74, 6) is 0.622. The van der Waals surface area contributed by atoms with Crippen LogP contribution in [0.3, 0.4) is 0 Å². The van der Waals surface area contributed by atoms with Gasteiger partial charge in [0.2, 0.25) is 0 Å². The van der Waals surface area contributed by atoms with Gasteiger partial charge >= 0.3 is 0 Å². The van der Waals surface area contributed by atoms with Crippen molar-refractivity contribution in [3.63, 3.8) is 0 Å². The van der Waals surface area contributed by atoms with Crippen LogP contribution in [0.25, 0.3) is 0 Å². The number of phenolic OH excluding ortho intramolecular Hbond substituents is 1. The summed E-state index contributed by atoms with van der Waals surface area (Å²) in [7, 11) is -3.80. The molecule has 7 aromatic rings. The minimum Gasteiger partial charge on any atom is -0.508 e. The van der Waals surface area contributed by atoms with E-state index in [9.17, 15) is 28.6 Å². The Morgan fingerprint density at radius 2 is 1.05 bits per heavy atom. The van der Waals surface area contributed by atoms with E-state index in [0.717, 1.165) is 39.5 Å². The Kier molecular flexibility index (Phi) is 14.8. The van der Waals surface area contributed by atoms with Gasteiger partial charge in [-0.1, -0.05) is 78.4 Å². The van der Waals surface area contributed by atoms with Crippen molar-refractivity contribution in [2.75, 3.05) is 0 Å². The molecule has 59 heavy (non-hydrogen) atoms. The highest BCUT2D eigenvalue weighted by atomic mass is 32.2. The van der Waals surface area contributed by atoms with Gasteiger partial charge in [-0.05, 0) is 80.4 Å². The molecule has 5 aromatic carbocycles. The number of nitro benzene ring substituents is 2. The first kappa shape index (κ1) is 43.0. The molecule has 0 saturated carbocycles. The van der Waals surface area contributed by atoms with Gasteiger partial charge in [-0.2, -0.15) is 18.6 Å². The summed E-state index contributed by atoms with van der Waals surface area (Å²) in [4.78, 5) is 19.9. The van der Waals surface area contributed by atoms with E-state index in [1.807, 2.05) is 86.1 Å². The summed E-state index contributed by atoms with van der Waals surface area (Å²) in [5.41, 5.74) is 6.70. The number of hydrogen-bond acceptors (Lipinski definition) is 11. The smallest absolute Gasteiger partial charge is 0.297 e. The number of nitrogens with zero attached hydrogens (tertiary/aromatic N) is 6. The van der Waals surface area contributed by atoms with Crippen LogP contribution in [0.5, 0.6) is 11.5 Å². The minimum atomic E-state index is -3.80. The van der Waals surface area contributed by atoms with Gasteiger partial charge in [-0.3, -0.25) is 33.8 Å². The Labute approximate surface area is 341 Å². The van der Waals surface area contributed by atoms with Gasteiger partial charge < -0.3 is 9.84 Å². The number of nitro groups is 2.